The third kappa shape index (κ3) is 1.96. The van der Waals surface area contributed by atoms with E-state index in [-0.39, 0.29) is 0 Å². The fraction of sp³-hybridized carbons (Fsp3) is 0.500. The number of nitrogens with one attached hydrogen (secondary N) is 1. The SMILES string of the molecule is CCNC1CC(c2cccc(C#N)c2)C1C. The molecule has 2 heteroatoms. The molecule has 0 aliphatic heterocycles. The Morgan fingerprint density at radius 3 is 2.94 bits per heavy atom. The van der Waals surface area contributed by atoms with E-state index in [1.165, 1.54) is 12.0 Å². The predicted molar refractivity (Wildman–Crippen MR) is 65.1 cm³/mol. The van der Waals surface area contributed by atoms with E-state index in [0.717, 1.165) is 12.1 Å². The van der Waals surface area contributed by atoms with Gasteiger partial charge in [-0.05, 0) is 42.5 Å². The molecule has 0 radical (unpaired) electrons. The van der Waals surface area contributed by atoms with E-state index < -0.39 is 0 Å². The Kier molecular flexibility index (Phi) is 3.26. The van der Waals surface area contributed by atoms with Gasteiger partial charge in [0.25, 0.3) is 0 Å². The van der Waals surface area contributed by atoms with E-state index in [9.17, 15) is 0 Å². The first kappa shape index (κ1) is 11.2. The summed E-state index contributed by atoms with van der Waals surface area (Å²) in [6.07, 6.45) is 1.20. The summed E-state index contributed by atoms with van der Waals surface area (Å²) in [5.74, 6) is 1.30. The van der Waals surface area contributed by atoms with Crippen molar-refractivity contribution in [2.75, 3.05) is 6.54 Å². The first-order valence-corrected chi connectivity index (χ1v) is 5.99. The molecule has 3 unspecified atom stereocenters. The molecular weight excluding hydrogens is 196 g/mol. The molecule has 2 nitrogen and oxygen atoms in total. The van der Waals surface area contributed by atoms with Crippen LogP contribution < -0.4 is 5.32 Å². The lowest BCUT2D eigenvalue weighted by Gasteiger charge is -2.43. The van der Waals surface area contributed by atoms with Crippen molar-refractivity contribution in [1.29, 1.82) is 5.26 Å². The van der Waals surface area contributed by atoms with E-state index in [0.29, 0.717) is 17.9 Å². The van der Waals surface area contributed by atoms with Crippen molar-refractivity contribution in [3.05, 3.63) is 35.4 Å². The van der Waals surface area contributed by atoms with E-state index in [1.54, 1.807) is 0 Å². The lowest BCUT2D eigenvalue weighted by Crippen LogP contribution is -2.47. The summed E-state index contributed by atoms with van der Waals surface area (Å²) < 4.78 is 0. The van der Waals surface area contributed by atoms with E-state index in [2.05, 4.69) is 31.3 Å². The highest BCUT2D eigenvalue weighted by atomic mass is 14.9. The second kappa shape index (κ2) is 4.67. The zero-order valence-corrected chi connectivity index (χ0v) is 9.90. The standard InChI is InChI=1S/C14H18N2/c1-3-16-14-8-13(10(14)2)12-6-4-5-11(7-12)9-15/h4-7,10,13-14,16H,3,8H2,1-2H3. The second-order valence-corrected chi connectivity index (χ2v) is 4.60. The van der Waals surface area contributed by atoms with Crippen LogP contribution in [0.4, 0.5) is 0 Å². The van der Waals surface area contributed by atoms with Gasteiger partial charge in [-0.25, -0.2) is 0 Å². The van der Waals surface area contributed by atoms with Gasteiger partial charge in [-0.3, -0.25) is 0 Å². The average Bonchev–Trinajstić information content (AvgIpc) is 2.33. The molecule has 1 aliphatic carbocycles. The molecular formula is C14H18N2. The van der Waals surface area contributed by atoms with Crippen molar-refractivity contribution in [1.82, 2.24) is 5.32 Å². The molecule has 0 bridgehead atoms. The average molecular weight is 214 g/mol. The molecule has 1 aromatic rings. The van der Waals surface area contributed by atoms with Crippen LogP contribution in [-0.2, 0) is 0 Å². The number of nitriles is 1. The van der Waals surface area contributed by atoms with Crippen LogP contribution in [0.15, 0.2) is 24.3 Å². The van der Waals surface area contributed by atoms with Crippen LogP contribution >= 0.6 is 0 Å². The zero-order chi connectivity index (χ0) is 11.5. The van der Waals surface area contributed by atoms with Gasteiger partial charge < -0.3 is 5.32 Å². The molecule has 1 aromatic carbocycles. The zero-order valence-electron chi connectivity index (χ0n) is 9.90. The molecule has 1 aliphatic rings. The molecule has 0 saturated heterocycles. The summed E-state index contributed by atoms with van der Waals surface area (Å²) in [5, 5.41) is 12.4. The van der Waals surface area contributed by atoms with Gasteiger partial charge in [-0.1, -0.05) is 26.0 Å². The lowest BCUT2D eigenvalue weighted by molar-refractivity contribution is 0.187. The molecule has 16 heavy (non-hydrogen) atoms. The summed E-state index contributed by atoms with van der Waals surface area (Å²) in [7, 11) is 0. The molecule has 3 atom stereocenters. The van der Waals surface area contributed by atoms with E-state index >= 15 is 0 Å². The highest BCUT2D eigenvalue weighted by Gasteiger charge is 2.37. The van der Waals surface area contributed by atoms with Gasteiger partial charge in [0.2, 0.25) is 0 Å². The van der Waals surface area contributed by atoms with E-state index in [4.69, 9.17) is 5.26 Å². The van der Waals surface area contributed by atoms with Gasteiger partial charge in [-0.15, -0.1) is 0 Å². The molecule has 0 aromatic heterocycles. The minimum absolute atomic E-state index is 0.623. The van der Waals surface area contributed by atoms with Crippen molar-refractivity contribution in [2.24, 2.45) is 5.92 Å². The molecule has 0 spiro atoms. The minimum atomic E-state index is 0.623. The Hall–Kier alpha value is -1.33. The predicted octanol–water partition coefficient (Wildman–Crippen LogP) is 2.66. The van der Waals surface area contributed by atoms with Crippen LogP contribution in [0.25, 0.3) is 0 Å². The molecule has 84 valence electrons. The van der Waals surface area contributed by atoms with Crippen molar-refractivity contribution < 1.29 is 0 Å². The number of benzene rings is 1. The quantitative estimate of drug-likeness (QED) is 0.839. The maximum atomic E-state index is 8.87. The highest BCUT2D eigenvalue weighted by Crippen LogP contribution is 2.42. The summed E-state index contributed by atoms with van der Waals surface area (Å²) in [5.41, 5.74) is 2.09. The summed E-state index contributed by atoms with van der Waals surface area (Å²) in [6.45, 7) is 5.48. The van der Waals surface area contributed by atoms with Crippen LogP contribution in [0.3, 0.4) is 0 Å². The number of hydrogen-bond acceptors (Lipinski definition) is 2. The van der Waals surface area contributed by atoms with Gasteiger partial charge in [0.05, 0.1) is 11.6 Å². The van der Waals surface area contributed by atoms with Crippen molar-refractivity contribution in [2.45, 2.75) is 32.2 Å². The first-order chi connectivity index (χ1) is 7.76. The van der Waals surface area contributed by atoms with Crippen LogP contribution in [0.5, 0.6) is 0 Å². The normalized spacial score (nSPS) is 28.2. The summed E-state index contributed by atoms with van der Waals surface area (Å²) in [4.78, 5) is 0. The van der Waals surface area contributed by atoms with Gasteiger partial charge in [-0.2, -0.15) is 5.26 Å². The third-order valence-electron chi connectivity index (χ3n) is 3.69. The van der Waals surface area contributed by atoms with Crippen molar-refractivity contribution >= 4 is 0 Å². The molecule has 1 fully saturated rings. The largest absolute Gasteiger partial charge is 0.314 e. The lowest BCUT2D eigenvalue weighted by atomic mass is 9.67. The summed E-state index contributed by atoms with van der Waals surface area (Å²) in [6, 6.07) is 10.9. The Labute approximate surface area is 97.3 Å². The van der Waals surface area contributed by atoms with Crippen LogP contribution in [0.1, 0.15) is 37.3 Å². The van der Waals surface area contributed by atoms with Crippen LogP contribution in [0, 0.1) is 17.2 Å². The maximum Gasteiger partial charge on any atom is 0.0991 e. The highest BCUT2D eigenvalue weighted by molar-refractivity contribution is 5.36. The number of hydrogen-bond donors (Lipinski definition) is 1. The fourth-order valence-corrected chi connectivity index (χ4v) is 2.60. The minimum Gasteiger partial charge on any atom is -0.314 e. The van der Waals surface area contributed by atoms with Crippen molar-refractivity contribution in [3.63, 3.8) is 0 Å². The molecule has 0 amide bonds. The molecule has 2 rings (SSSR count). The molecule has 1 saturated carbocycles. The van der Waals surface area contributed by atoms with Gasteiger partial charge in [0, 0.05) is 6.04 Å². The Morgan fingerprint density at radius 1 is 1.50 bits per heavy atom. The van der Waals surface area contributed by atoms with Gasteiger partial charge in [0.15, 0.2) is 0 Å². The van der Waals surface area contributed by atoms with Crippen LogP contribution in [0.2, 0.25) is 0 Å². The maximum absolute atomic E-state index is 8.87. The van der Waals surface area contributed by atoms with E-state index in [1.807, 2.05) is 18.2 Å². The number of rotatable bonds is 3. The van der Waals surface area contributed by atoms with Crippen LogP contribution in [-0.4, -0.2) is 12.6 Å². The summed E-state index contributed by atoms with van der Waals surface area (Å²) >= 11 is 0. The van der Waals surface area contributed by atoms with Gasteiger partial charge >= 0.3 is 0 Å². The monoisotopic (exact) mass is 214 g/mol. The van der Waals surface area contributed by atoms with Crippen molar-refractivity contribution in [3.8, 4) is 6.07 Å². The smallest absolute Gasteiger partial charge is 0.0991 e. The van der Waals surface area contributed by atoms with Gasteiger partial charge in [0.1, 0.15) is 0 Å². The second-order valence-electron chi connectivity index (χ2n) is 4.60. The fourth-order valence-electron chi connectivity index (χ4n) is 2.60. The molecule has 1 N–H and O–H groups in total. The molecule has 0 heterocycles. The number of nitrogens with zero attached hydrogens (tertiary/aromatic N) is 1. The first-order valence-electron chi connectivity index (χ1n) is 5.99. The Balaban J connectivity index is 2.07. The Morgan fingerprint density at radius 2 is 2.31 bits per heavy atom. The topological polar surface area (TPSA) is 35.8 Å². The Bertz CT molecular complexity index is 405. The third-order valence-corrected chi connectivity index (χ3v) is 3.69.